The summed E-state index contributed by atoms with van der Waals surface area (Å²) in [7, 11) is 0. The lowest BCUT2D eigenvalue weighted by atomic mass is 10.2. The second-order valence-electron chi connectivity index (χ2n) is 4.15. The van der Waals surface area contributed by atoms with Crippen molar-refractivity contribution in [2.45, 2.75) is 6.92 Å². The Hall–Kier alpha value is -2.90. The molecular weight excluding hydrogens is 278 g/mol. The van der Waals surface area contributed by atoms with E-state index in [9.17, 15) is 14.9 Å². The van der Waals surface area contributed by atoms with Crippen LogP contribution >= 0.6 is 0 Å². The lowest BCUT2D eigenvalue weighted by Crippen LogP contribution is -2.16. The maximum atomic E-state index is 11.3. The Balaban J connectivity index is 1.92. The molecular formula is C13H13N3O5. The van der Waals surface area contributed by atoms with Crippen LogP contribution in [0, 0.1) is 17.0 Å². The number of hydrogen-bond acceptors (Lipinski definition) is 6. The van der Waals surface area contributed by atoms with E-state index in [1.807, 2.05) is 31.2 Å². The van der Waals surface area contributed by atoms with Crippen LogP contribution < -0.4 is 15.0 Å². The molecule has 0 aliphatic rings. The summed E-state index contributed by atoms with van der Waals surface area (Å²) < 4.78 is 10.5. The molecule has 1 N–H and O–H groups in total. The lowest BCUT2D eigenvalue weighted by Gasteiger charge is -2.07. The first-order valence-corrected chi connectivity index (χ1v) is 6.12. The summed E-state index contributed by atoms with van der Waals surface area (Å²) in [6.07, 6.45) is 1.05. The van der Waals surface area contributed by atoms with E-state index in [-0.39, 0.29) is 19.1 Å². The molecule has 1 heterocycles. The average Bonchev–Trinajstić information content (AvgIpc) is 2.45. The normalized spacial score (nSPS) is 10.1. The molecule has 0 radical (unpaired) electrons. The van der Waals surface area contributed by atoms with Crippen molar-refractivity contribution in [3.63, 3.8) is 0 Å². The molecule has 0 spiro atoms. The Morgan fingerprint density at radius 1 is 1.24 bits per heavy atom. The Bertz CT molecular complexity index is 681. The van der Waals surface area contributed by atoms with E-state index in [2.05, 4.69) is 9.97 Å². The minimum absolute atomic E-state index is 0.0329. The number of hydrogen-bond donors (Lipinski definition) is 1. The third-order valence-corrected chi connectivity index (χ3v) is 2.59. The Morgan fingerprint density at radius 2 is 1.90 bits per heavy atom. The van der Waals surface area contributed by atoms with Crippen LogP contribution in [0.3, 0.4) is 0 Å². The van der Waals surface area contributed by atoms with Gasteiger partial charge in [0.15, 0.2) is 0 Å². The molecule has 2 aromatic rings. The third-order valence-electron chi connectivity index (χ3n) is 2.59. The highest BCUT2D eigenvalue weighted by molar-refractivity contribution is 5.37. The van der Waals surface area contributed by atoms with E-state index in [4.69, 9.17) is 9.47 Å². The first-order chi connectivity index (χ1) is 10.1. The molecule has 0 unspecified atom stereocenters. The summed E-state index contributed by atoms with van der Waals surface area (Å²) in [6, 6.07) is 7.42. The van der Waals surface area contributed by atoms with Crippen LogP contribution in [-0.4, -0.2) is 28.1 Å². The van der Waals surface area contributed by atoms with Gasteiger partial charge in [0.1, 0.15) is 19.0 Å². The first kappa shape index (κ1) is 14.5. The van der Waals surface area contributed by atoms with Crippen molar-refractivity contribution in [2.75, 3.05) is 13.2 Å². The van der Waals surface area contributed by atoms with Crippen molar-refractivity contribution < 1.29 is 14.4 Å². The number of H-pyrrole nitrogens is 1. The number of ether oxygens (including phenoxy) is 2. The average molecular weight is 291 g/mol. The molecule has 0 amide bonds. The van der Waals surface area contributed by atoms with E-state index in [0.717, 1.165) is 11.9 Å². The number of nitro groups is 1. The van der Waals surface area contributed by atoms with Gasteiger partial charge in [-0.15, -0.1) is 0 Å². The topological polar surface area (TPSA) is 107 Å². The van der Waals surface area contributed by atoms with Gasteiger partial charge in [-0.05, 0) is 19.1 Å². The van der Waals surface area contributed by atoms with Gasteiger partial charge >= 0.3 is 17.1 Å². The Kier molecular flexibility index (Phi) is 4.50. The number of aromatic amines is 1. The Morgan fingerprint density at radius 3 is 2.57 bits per heavy atom. The van der Waals surface area contributed by atoms with Crippen LogP contribution in [0.4, 0.5) is 5.69 Å². The fourth-order valence-corrected chi connectivity index (χ4v) is 1.58. The van der Waals surface area contributed by atoms with Crippen LogP contribution in [-0.2, 0) is 0 Å². The quantitative estimate of drug-likeness (QED) is 0.490. The molecule has 0 fully saturated rings. The minimum atomic E-state index is -0.857. The van der Waals surface area contributed by atoms with Gasteiger partial charge in [-0.25, -0.2) is 0 Å². The number of benzene rings is 1. The van der Waals surface area contributed by atoms with Gasteiger partial charge in [0.05, 0.1) is 11.3 Å². The monoisotopic (exact) mass is 291 g/mol. The molecule has 1 aromatic heterocycles. The van der Waals surface area contributed by atoms with Crippen molar-refractivity contribution in [1.29, 1.82) is 0 Å². The van der Waals surface area contributed by atoms with Crippen molar-refractivity contribution in [2.24, 2.45) is 0 Å². The van der Waals surface area contributed by atoms with Crippen molar-refractivity contribution in [1.82, 2.24) is 9.97 Å². The summed E-state index contributed by atoms with van der Waals surface area (Å²) in [5.74, 6) is 0.342. The number of aryl methyl sites for hydroxylation is 1. The molecule has 1 aromatic carbocycles. The zero-order valence-electron chi connectivity index (χ0n) is 11.2. The van der Waals surface area contributed by atoms with E-state index in [1.165, 1.54) is 0 Å². The zero-order chi connectivity index (χ0) is 15.2. The molecule has 0 saturated carbocycles. The molecule has 8 heteroatoms. The van der Waals surface area contributed by atoms with E-state index in [1.54, 1.807) is 0 Å². The summed E-state index contributed by atoms with van der Waals surface area (Å²) in [5, 5.41) is 10.8. The standard InChI is InChI=1S/C13H13N3O5/c1-9-2-4-10(5-3-9)20-6-7-21-13-11(16(18)19)12(17)14-8-15-13/h2-5,8H,6-7H2,1H3,(H,14,15,17). The predicted octanol–water partition coefficient (Wildman–Crippen LogP) is 1.44. The summed E-state index contributed by atoms with van der Waals surface area (Å²) in [6.45, 7) is 2.17. The Labute approximate surface area is 119 Å². The van der Waals surface area contributed by atoms with E-state index < -0.39 is 16.2 Å². The molecule has 8 nitrogen and oxygen atoms in total. The number of rotatable bonds is 6. The first-order valence-electron chi connectivity index (χ1n) is 6.12. The predicted molar refractivity (Wildman–Crippen MR) is 73.7 cm³/mol. The van der Waals surface area contributed by atoms with E-state index in [0.29, 0.717) is 5.75 Å². The highest BCUT2D eigenvalue weighted by atomic mass is 16.6. The van der Waals surface area contributed by atoms with Crippen LogP contribution in [0.5, 0.6) is 11.6 Å². The molecule has 0 bridgehead atoms. The second kappa shape index (κ2) is 6.51. The van der Waals surface area contributed by atoms with Crippen LogP contribution in [0.2, 0.25) is 0 Å². The molecule has 110 valence electrons. The number of aromatic nitrogens is 2. The van der Waals surface area contributed by atoms with Gasteiger partial charge in [0.2, 0.25) is 0 Å². The molecule has 0 aliphatic heterocycles. The van der Waals surface area contributed by atoms with Crippen molar-refractivity contribution in [3.05, 3.63) is 56.6 Å². The highest BCUT2D eigenvalue weighted by Gasteiger charge is 2.21. The summed E-state index contributed by atoms with van der Waals surface area (Å²) >= 11 is 0. The third kappa shape index (κ3) is 3.78. The lowest BCUT2D eigenvalue weighted by molar-refractivity contribution is -0.387. The smallest absolute Gasteiger partial charge is 0.395 e. The van der Waals surface area contributed by atoms with Gasteiger partial charge in [-0.3, -0.25) is 14.9 Å². The maximum Gasteiger partial charge on any atom is 0.395 e. The van der Waals surface area contributed by atoms with Gasteiger partial charge in [0.25, 0.3) is 0 Å². The number of nitrogens with one attached hydrogen (secondary N) is 1. The molecule has 2 rings (SSSR count). The largest absolute Gasteiger partial charge is 0.490 e. The molecule has 0 saturated heterocycles. The highest BCUT2D eigenvalue weighted by Crippen LogP contribution is 2.17. The van der Waals surface area contributed by atoms with Gasteiger partial charge in [-0.1, -0.05) is 17.7 Å². The van der Waals surface area contributed by atoms with Crippen LogP contribution in [0.15, 0.2) is 35.4 Å². The van der Waals surface area contributed by atoms with Crippen LogP contribution in [0.1, 0.15) is 5.56 Å². The number of nitrogens with zero attached hydrogens (tertiary/aromatic N) is 2. The molecule has 0 aliphatic carbocycles. The fraction of sp³-hybridized carbons (Fsp3) is 0.231. The van der Waals surface area contributed by atoms with E-state index >= 15 is 0 Å². The summed E-state index contributed by atoms with van der Waals surface area (Å²) in [4.78, 5) is 27.0. The van der Waals surface area contributed by atoms with Gasteiger partial charge in [-0.2, -0.15) is 4.98 Å². The summed E-state index contributed by atoms with van der Waals surface area (Å²) in [5.41, 5.74) is -0.459. The molecule has 21 heavy (non-hydrogen) atoms. The minimum Gasteiger partial charge on any atom is -0.490 e. The maximum absolute atomic E-state index is 11.3. The van der Waals surface area contributed by atoms with Crippen molar-refractivity contribution >= 4 is 5.69 Å². The van der Waals surface area contributed by atoms with Gasteiger partial charge < -0.3 is 14.5 Å². The zero-order valence-corrected chi connectivity index (χ0v) is 11.2. The van der Waals surface area contributed by atoms with Crippen molar-refractivity contribution in [3.8, 4) is 11.6 Å². The SMILES string of the molecule is Cc1ccc(OCCOc2nc[nH]c(=O)c2[N+](=O)[O-])cc1. The molecule has 0 atom stereocenters. The fourth-order valence-electron chi connectivity index (χ4n) is 1.58. The van der Waals surface area contributed by atoms with Gasteiger partial charge in [0, 0.05) is 0 Å². The second-order valence-corrected chi connectivity index (χ2v) is 4.15. The van der Waals surface area contributed by atoms with Crippen LogP contribution in [0.25, 0.3) is 0 Å².